The van der Waals surface area contributed by atoms with E-state index in [1.54, 1.807) is 12.1 Å². The standard InChI is InChI=1S/C38H50N2O/c1-25-11-12-31-30-9-8-10-32(34(30)41-35(31)40-25)33-21-27(16-20-39-33)26-13-17-38(18-14-26)19-15-28(22-36(2,3)4)29(24-38)23-37(5,6)7/h8-12,16,20-21,26,28-29H,13-15,17-19,22-24H2,1-7H3/i1D3,26D. The van der Waals surface area contributed by atoms with Crippen molar-refractivity contribution in [2.45, 2.75) is 112 Å². The minimum absolute atomic E-state index is 0.0226. The molecule has 0 bridgehead atoms. The number of nitrogens with zero attached hydrogens (tertiary/aromatic N) is 2. The average molecular weight is 555 g/mol. The molecule has 218 valence electrons. The van der Waals surface area contributed by atoms with E-state index in [0.29, 0.717) is 27.5 Å². The molecule has 0 radical (unpaired) electrons. The molecule has 2 aliphatic carbocycles. The SMILES string of the molecule is [2H]C([2H])([2H])c1ccc2c(n1)oc1c(-c3cc(C4([2H])CCC5(CCC(CC(C)(C)C)C(CC(C)(C)C)C5)CC4)ccn3)cccc12. The van der Waals surface area contributed by atoms with Crippen LogP contribution in [-0.4, -0.2) is 9.97 Å². The summed E-state index contributed by atoms with van der Waals surface area (Å²) < 4.78 is 39.1. The predicted molar refractivity (Wildman–Crippen MR) is 172 cm³/mol. The van der Waals surface area contributed by atoms with Gasteiger partial charge in [-0.3, -0.25) is 4.98 Å². The van der Waals surface area contributed by atoms with E-state index in [9.17, 15) is 1.37 Å². The maximum absolute atomic E-state index is 9.69. The van der Waals surface area contributed by atoms with Crippen molar-refractivity contribution >= 4 is 22.1 Å². The van der Waals surface area contributed by atoms with E-state index in [-0.39, 0.29) is 5.69 Å². The summed E-state index contributed by atoms with van der Waals surface area (Å²) in [5, 5.41) is 1.67. The van der Waals surface area contributed by atoms with Crippen molar-refractivity contribution in [2.24, 2.45) is 28.1 Å². The first-order valence-electron chi connectivity index (χ1n) is 17.7. The molecule has 2 aliphatic rings. The fourth-order valence-corrected chi connectivity index (χ4v) is 8.14. The molecule has 3 heteroatoms. The Balaban J connectivity index is 1.25. The second kappa shape index (κ2) is 10.5. The second-order valence-electron chi connectivity index (χ2n) is 15.7. The lowest BCUT2D eigenvalue weighted by molar-refractivity contribution is 0.0141. The molecule has 6 rings (SSSR count). The van der Waals surface area contributed by atoms with E-state index in [1.807, 2.05) is 30.5 Å². The van der Waals surface area contributed by atoms with Crippen LogP contribution in [0.15, 0.2) is 53.1 Å². The van der Waals surface area contributed by atoms with Gasteiger partial charge in [0.1, 0.15) is 5.58 Å². The third-order valence-corrected chi connectivity index (χ3v) is 9.88. The molecule has 1 spiro atoms. The van der Waals surface area contributed by atoms with Crippen LogP contribution < -0.4 is 0 Å². The minimum Gasteiger partial charge on any atom is -0.437 e. The molecule has 0 amide bonds. The summed E-state index contributed by atoms with van der Waals surface area (Å²) in [7, 11) is 0. The first kappa shape index (κ1) is 23.8. The number of para-hydroxylation sites is 1. The number of rotatable bonds is 4. The molecule has 3 aromatic heterocycles. The molecule has 1 aromatic carbocycles. The van der Waals surface area contributed by atoms with Crippen LogP contribution in [0, 0.1) is 34.9 Å². The smallest absolute Gasteiger partial charge is 0.227 e. The molecular formula is C38H50N2O. The van der Waals surface area contributed by atoms with Crippen molar-refractivity contribution in [3.8, 4) is 11.3 Å². The maximum atomic E-state index is 9.69. The molecule has 3 heterocycles. The second-order valence-corrected chi connectivity index (χ2v) is 15.7. The van der Waals surface area contributed by atoms with Crippen molar-refractivity contribution < 1.29 is 9.90 Å². The van der Waals surface area contributed by atoms with Crippen LogP contribution in [0.25, 0.3) is 33.3 Å². The number of pyridine rings is 2. The third kappa shape index (κ3) is 6.11. The van der Waals surface area contributed by atoms with Crippen LogP contribution in [0.4, 0.5) is 0 Å². The van der Waals surface area contributed by atoms with Crippen LogP contribution >= 0.6 is 0 Å². The van der Waals surface area contributed by atoms with Crippen molar-refractivity contribution in [2.75, 3.05) is 0 Å². The quantitative estimate of drug-likeness (QED) is 0.252. The lowest BCUT2D eigenvalue weighted by atomic mass is 9.55. The molecule has 2 atom stereocenters. The van der Waals surface area contributed by atoms with Crippen LogP contribution in [0.1, 0.15) is 122 Å². The van der Waals surface area contributed by atoms with Gasteiger partial charge >= 0.3 is 0 Å². The Morgan fingerprint density at radius 2 is 1.63 bits per heavy atom. The number of furan rings is 1. The van der Waals surface area contributed by atoms with Crippen LogP contribution in [0.5, 0.6) is 0 Å². The Kier molecular flexibility index (Phi) is 6.13. The number of aryl methyl sites for hydroxylation is 1. The molecule has 2 fully saturated rings. The van der Waals surface area contributed by atoms with E-state index in [2.05, 4.69) is 52.6 Å². The summed E-state index contributed by atoms with van der Waals surface area (Å²) in [5.74, 6) is 0.928. The van der Waals surface area contributed by atoms with Gasteiger partial charge in [0.05, 0.1) is 5.69 Å². The van der Waals surface area contributed by atoms with Gasteiger partial charge in [-0.25, -0.2) is 4.98 Å². The van der Waals surface area contributed by atoms with Gasteiger partial charge in [0.15, 0.2) is 0 Å². The van der Waals surface area contributed by atoms with E-state index < -0.39 is 12.7 Å². The molecule has 0 N–H and O–H groups in total. The lowest BCUT2D eigenvalue weighted by Gasteiger charge is -2.50. The van der Waals surface area contributed by atoms with Gasteiger partial charge in [0.25, 0.3) is 0 Å². The summed E-state index contributed by atoms with van der Waals surface area (Å²) in [5.41, 5.74) is 4.67. The molecule has 2 unspecified atom stereocenters. The van der Waals surface area contributed by atoms with Crippen molar-refractivity contribution in [1.29, 1.82) is 0 Å². The predicted octanol–water partition coefficient (Wildman–Crippen LogP) is 11.3. The Bertz CT molecular complexity index is 1680. The highest BCUT2D eigenvalue weighted by Gasteiger charge is 2.44. The Hall–Kier alpha value is -2.68. The fraction of sp³-hybridized carbons (Fsp3) is 0.579. The molecule has 0 saturated heterocycles. The zero-order valence-corrected chi connectivity index (χ0v) is 25.9. The summed E-state index contributed by atoms with van der Waals surface area (Å²) >= 11 is 0. The normalized spacial score (nSPS) is 29.3. The van der Waals surface area contributed by atoms with E-state index in [4.69, 9.17) is 13.5 Å². The molecule has 3 nitrogen and oxygen atoms in total. The van der Waals surface area contributed by atoms with Crippen LogP contribution in [0.2, 0.25) is 0 Å². The van der Waals surface area contributed by atoms with Crippen LogP contribution in [-0.2, 0) is 0 Å². The van der Waals surface area contributed by atoms with Gasteiger partial charge in [-0.05, 0) is 135 Å². The third-order valence-electron chi connectivity index (χ3n) is 9.88. The number of fused-ring (bicyclic) bond motifs is 3. The van der Waals surface area contributed by atoms with Gasteiger partial charge < -0.3 is 4.42 Å². The Morgan fingerprint density at radius 1 is 0.902 bits per heavy atom. The first-order valence-corrected chi connectivity index (χ1v) is 15.7. The van der Waals surface area contributed by atoms with Gasteiger partial charge in [-0.2, -0.15) is 0 Å². The molecule has 41 heavy (non-hydrogen) atoms. The molecule has 2 saturated carbocycles. The number of benzene rings is 1. The van der Waals surface area contributed by atoms with Crippen LogP contribution in [0.3, 0.4) is 0 Å². The highest BCUT2D eigenvalue weighted by atomic mass is 16.3. The Labute approximate surface area is 253 Å². The maximum Gasteiger partial charge on any atom is 0.227 e. The zero-order valence-electron chi connectivity index (χ0n) is 29.9. The monoisotopic (exact) mass is 554 g/mol. The first-order chi connectivity index (χ1) is 20.9. The summed E-state index contributed by atoms with van der Waals surface area (Å²) in [4.78, 5) is 9.05. The topological polar surface area (TPSA) is 38.9 Å². The number of hydrogen-bond donors (Lipinski definition) is 0. The van der Waals surface area contributed by atoms with E-state index >= 15 is 0 Å². The number of aromatic nitrogens is 2. The van der Waals surface area contributed by atoms with Gasteiger partial charge in [-0.15, -0.1) is 0 Å². The summed E-state index contributed by atoms with van der Waals surface area (Å²) in [6.07, 6.45) is 12.4. The zero-order chi connectivity index (χ0) is 32.4. The lowest BCUT2D eigenvalue weighted by Crippen LogP contribution is -2.39. The average Bonchev–Trinajstić information content (AvgIpc) is 3.33. The molecule has 4 aromatic rings. The Morgan fingerprint density at radius 3 is 2.37 bits per heavy atom. The molecular weight excluding hydrogens is 500 g/mol. The number of hydrogen-bond acceptors (Lipinski definition) is 3. The van der Waals surface area contributed by atoms with Crippen molar-refractivity contribution in [3.63, 3.8) is 0 Å². The minimum atomic E-state index is -2.30. The summed E-state index contributed by atoms with van der Waals surface area (Å²) in [6.45, 7) is 12.1. The molecule has 0 aliphatic heterocycles. The highest BCUT2D eigenvalue weighted by Crippen LogP contribution is 2.56. The van der Waals surface area contributed by atoms with Gasteiger partial charge in [0.2, 0.25) is 5.71 Å². The van der Waals surface area contributed by atoms with E-state index in [0.717, 1.165) is 65.1 Å². The fourth-order valence-electron chi connectivity index (χ4n) is 8.14. The van der Waals surface area contributed by atoms with Crippen molar-refractivity contribution in [3.05, 3.63) is 59.9 Å². The largest absolute Gasteiger partial charge is 0.437 e. The summed E-state index contributed by atoms with van der Waals surface area (Å²) in [6, 6.07) is 13.4. The van der Waals surface area contributed by atoms with Gasteiger partial charge in [-0.1, -0.05) is 53.7 Å². The van der Waals surface area contributed by atoms with Crippen molar-refractivity contribution in [1.82, 2.24) is 9.97 Å². The van der Waals surface area contributed by atoms with Gasteiger partial charge in [0, 0.05) is 33.7 Å². The highest BCUT2D eigenvalue weighted by molar-refractivity contribution is 6.08. The van der Waals surface area contributed by atoms with E-state index in [1.165, 1.54) is 32.1 Å².